The molecule has 1 saturated carbocycles. The molecule has 3 unspecified atom stereocenters. The fraction of sp³-hybridized carbons (Fsp3) is 0.625. The van der Waals surface area contributed by atoms with E-state index in [4.69, 9.17) is 14.2 Å². The minimum absolute atomic E-state index is 0.0932. The van der Waals surface area contributed by atoms with Gasteiger partial charge in [-0.3, -0.25) is 0 Å². The lowest BCUT2D eigenvalue weighted by Gasteiger charge is -2.44. The van der Waals surface area contributed by atoms with Gasteiger partial charge in [-0.2, -0.15) is 0 Å². The summed E-state index contributed by atoms with van der Waals surface area (Å²) in [6, 6.07) is 6.39. The standard InChI is InChI=1S/C16H25NO3/c1-5-17-12-10-15(16(12)19-6-2)20-13-8-7-11(3)9-14(13)18-4/h7-9,12,15-17H,5-6,10H2,1-4H3. The molecule has 1 fully saturated rings. The van der Waals surface area contributed by atoms with Crippen LogP contribution >= 0.6 is 0 Å². The third-order valence-electron chi connectivity index (χ3n) is 3.67. The second-order valence-corrected chi connectivity index (χ2v) is 5.13. The Kier molecular flexibility index (Phi) is 5.26. The SMILES string of the molecule is CCNC1CC(Oc2ccc(C)cc2OC)C1OCC. The number of hydrogen-bond donors (Lipinski definition) is 1. The predicted molar refractivity (Wildman–Crippen MR) is 79.6 cm³/mol. The molecule has 20 heavy (non-hydrogen) atoms. The molecule has 0 aliphatic heterocycles. The lowest BCUT2D eigenvalue weighted by Crippen LogP contribution is -2.61. The number of benzene rings is 1. The van der Waals surface area contributed by atoms with E-state index in [0.717, 1.165) is 30.0 Å². The lowest BCUT2D eigenvalue weighted by molar-refractivity contribution is -0.104. The predicted octanol–water partition coefficient (Wildman–Crippen LogP) is 2.54. The van der Waals surface area contributed by atoms with Crippen molar-refractivity contribution in [1.29, 1.82) is 0 Å². The summed E-state index contributed by atoms with van der Waals surface area (Å²) in [5.74, 6) is 1.58. The van der Waals surface area contributed by atoms with Gasteiger partial charge < -0.3 is 19.5 Å². The van der Waals surface area contributed by atoms with Crippen LogP contribution in [0.25, 0.3) is 0 Å². The highest BCUT2D eigenvalue weighted by molar-refractivity contribution is 5.42. The molecule has 112 valence electrons. The Morgan fingerprint density at radius 1 is 1.25 bits per heavy atom. The Bertz CT molecular complexity index is 436. The molecule has 1 aromatic rings. The summed E-state index contributed by atoms with van der Waals surface area (Å²) in [5, 5.41) is 3.43. The maximum atomic E-state index is 6.08. The fourth-order valence-electron chi connectivity index (χ4n) is 2.61. The Balaban J connectivity index is 2.02. The number of likely N-dealkylation sites (N-methyl/N-ethyl adjacent to an activating group) is 1. The van der Waals surface area contributed by atoms with Crippen LogP contribution in [0, 0.1) is 6.92 Å². The van der Waals surface area contributed by atoms with Gasteiger partial charge in [0.15, 0.2) is 11.5 Å². The molecule has 1 aliphatic rings. The molecule has 4 nitrogen and oxygen atoms in total. The van der Waals surface area contributed by atoms with E-state index >= 15 is 0 Å². The Labute approximate surface area is 121 Å². The molecule has 4 heteroatoms. The maximum Gasteiger partial charge on any atom is 0.161 e. The first-order valence-corrected chi connectivity index (χ1v) is 7.35. The molecule has 0 heterocycles. The molecule has 0 aromatic heterocycles. The first-order valence-electron chi connectivity index (χ1n) is 7.35. The molecule has 0 amide bonds. The molecule has 0 saturated heterocycles. The van der Waals surface area contributed by atoms with Crippen molar-refractivity contribution in [2.24, 2.45) is 0 Å². The van der Waals surface area contributed by atoms with E-state index in [0.29, 0.717) is 12.6 Å². The second-order valence-electron chi connectivity index (χ2n) is 5.13. The molecule has 1 N–H and O–H groups in total. The van der Waals surface area contributed by atoms with E-state index in [2.05, 4.69) is 12.2 Å². The van der Waals surface area contributed by atoms with Crippen LogP contribution in [0.1, 0.15) is 25.8 Å². The van der Waals surface area contributed by atoms with Gasteiger partial charge in [0.05, 0.1) is 7.11 Å². The number of aryl methyl sites for hydroxylation is 1. The summed E-state index contributed by atoms with van der Waals surface area (Å²) in [6.45, 7) is 7.83. The van der Waals surface area contributed by atoms with Crippen LogP contribution in [0.5, 0.6) is 11.5 Å². The summed E-state index contributed by atoms with van der Waals surface area (Å²) >= 11 is 0. The van der Waals surface area contributed by atoms with Crippen LogP contribution in [0.2, 0.25) is 0 Å². The summed E-state index contributed by atoms with van der Waals surface area (Å²) in [4.78, 5) is 0. The quantitative estimate of drug-likeness (QED) is 0.832. The average molecular weight is 279 g/mol. The number of rotatable bonds is 7. The molecule has 2 rings (SSSR count). The lowest BCUT2D eigenvalue weighted by atomic mass is 9.85. The van der Waals surface area contributed by atoms with Crippen molar-refractivity contribution in [1.82, 2.24) is 5.32 Å². The molecular weight excluding hydrogens is 254 g/mol. The van der Waals surface area contributed by atoms with E-state index < -0.39 is 0 Å². The van der Waals surface area contributed by atoms with Crippen molar-refractivity contribution >= 4 is 0 Å². The number of methoxy groups -OCH3 is 1. The first-order chi connectivity index (χ1) is 9.69. The Morgan fingerprint density at radius 2 is 2.05 bits per heavy atom. The monoisotopic (exact) mass is 279 g/mol. The summed E-state index contributed by atoms with van der Waals surface area (Å²) in [5.41, 5.74) is 1.16. The average Bonchev–Trinajstić information content (AvgIpc) is 2.45. The molecular formula is C16H25NO3. The van der Waals surface area contributed by atoms with E-state index in [1.54, 1.807) is 7.11 Å². The molecule has 1 aliphatic carbocycles. The van der Waals surface area contributed by atoms with Crippen LogP contribution < -0.4 is 14.8 Å². The molecule has 1 aromatic carbocycles. The first kappa shape index (κ1) is 15.1. The highest BCUT2D eigenvalue weighted by atomic mass is 16.6. The van der Waals surface area contributed by atoms with E-state index in [-0.39, 0.29) is 12.2 Å². The number of ether oxygens (including phenoxy) is 3. The van der Waals surface area contributed by atoms with Gasteiger partial charge in [-0.1, -0.05) is 13.0 Å². The van der Waals surface area contributed by atoms with E-state index in [9.17, 15) is 0 Å². The van der Waals surface area contributed by atoms with Gasteiger partial charge >= 0.3 is 0 Å². The van der Waals surface area contributed by atoms with Crippen LogP contribution in [0.4, 0.5) is 0 Å². The van der Waals surface area contributed by atoms with Crippen LogP contribution in [-0.4, -0.2) is 38.5 Å². The van der Waals surface area contributed by atoms with E-state index in [1.807, 2.05) is 32.0 Å². The van der Waals surface area contributed by atoms with Gasteiger partial charge in [-0.05, 0) is 38.1 Å². The molecule has 0 spiro atoms. The minimum atomic E-state index is 0.0932. The normalized spacial score (nSPS) is 25.1. The third-order valence-corrected chi connectivity index (χ3v) is 3.67. The van der Waals surface area contributed by atoms with E-state index in [1.165, 1.54) is 0 Å². The van der Waals surface area contributed by atoms with Crippen molar-refractivity contribution in [2.75, 3.05) is 20.3 Å². The van der Waals surface area contributed by atoms with Gasteiger partial charge in [0, 0.05) is 19.1 Å². The number of hydrogen-bond acceptors (Lipinski definition) is 4. The van der Waals surface area contributed by atoms with Crippen molar-refractivity contribution in [3.63, 3.8) is 0 Å². The zero-order chi connectivity index (χ0) is 14.5. The zero-order valence-corrected chi connectivity index (χ0v) is 12.8. The van der Waals surface area contributed by atoms with Gasteiger partial charge in [-0.25, -0.2) is 0 Å². The van der Waals surface area contributed by atoms with Gasteiger partial charge in [0.2, 0.25) is 0 Å². The Hall–Kier alpha value is -1.26. The van der Waals surface area contributed by atoms with Gasteiger partial charge in [0.25, 0.3) is 0 Å². The molecule has 0 bridgehead atoms. The molecule has 3 atom stereocenters. The van der Waals surface area contributed by atoms with Crippen LogP contribution in [-0.2, 0) is 4.74 Å². The zero-order valence-electron chi connectivity index (χ0n) is 12.8. The van der Waals surface area contributed by atoms with Crippen LogP contribution in [0.3, 0.4) is 0 Å². The van der Waals surface area contributed by atoms with Crippen molar-refractivity contribution in [3.8, 4) is 11.5 Å². The van der Waals surface area contributed by atoms with Crippen LogP contribution in [0.15, 0.2) is 18.2 Å². The van der Waals surface area contributed by atoms with Crippen molar-refractivity contribution in [3.05, 3.63) is 23.8 Å². The smallest absolute Gasteiger partial charge is 0.161 e. The topological polar surface area (TPSA) is 39.7 Å². The summed E-state index contributed by atoms with van der Waals surface area (Å²) in [7, 11) is 1.67. The fourth-order valence-corrected chi connectivity index (χ4v) is 2.61. The highest BCUT2D eigenvalue weighted by Crippen LogP contribution is 2.34. The minimum Gasteiger partial charge on any atom is -0.493 e. The maximum absolute atomic E-state index is 6.08. The highest BCUT2D eigenvalue weighted by Gasteiger charge is 2.43. The summed E-state index contributed by atoms with van der Waals surface area (Å²) in [6.07, 6.45) is 1.18. The summed E-state index contributed by atoms with van der Waals surface area (Å²) < 4.78 is 17.3. The van der Waals surface area contributed by atoms with Crippen molar-refractivity contribution < 1.29 is 14.2 Å². The Morgan fingerprint density at radius 3 is 2.70 bits per heavy atom. The van der Waals surface area contributed by atoms with Gasteiger partial charge in [-0.15, -0.1) is 0 Å². The molecule has 0 radical (unpaired) electrons. The van der Waals surface area contributed by atoms with Gasteiger partial charge in [0.1, 0.15) is 12.2 Å². The number of nitrogens with one attached hydrogen (secondary N) is 1. The third kappa shape index (κ3) is 3.25. The largest absolute Gasteiger partial charge is 0.493 e. The van der Waals surface area contributed by atoms with Crippen molar-refractivity contribution in [2.45, 2.75) is 45.4 Å². The second kappa shape index (κ2) is 6.95.